The predicted octanol–water partition coefficient (Wildman–Crippen LogP) is 3.03. The molecule has 0 aliphatic rings. The summed E-state index contributed by atoms with van der Waals surface area (Å²) >= 11 is 0. The number of carboxylic acids is 1. The summed E-state index contributed by atoms with van der Waals surface area (Å²) in [5.74, 6) is -1.05. The van der Waals surface area contributed by atoms with Crippen LogP contribution in [-0.2, 0) is 10.4 Å². The zero-order chi connectivity index (χ0) is 14.8. The number of rotatable bonds is 4. The van der Waals surface area contributed by atoms with Crippen LogP contribution in [0.4, 0.5) is 0 Å². The van der Waals surface area contributed by atoms with E-state index in [1.54, 1.807) is 48.5 Å². The molecule has 0 aliphatic heterocycles. The van der Waals surface area contributed by atoms with Crippen molar-refractivity contribution in [3.63, 3.8) is 0 Å². The van der Waals surface area contributed by atoms with Gasteiger partial charge in [-0.2, -0.15) is 0 Å². The van der Waals surface area contributed by atoms with Gasteiger partial charge in [-0.05, 0) is 25.0 Å². The van der Waals surface area contributed by atoms with E-state index in [1.807, 2.05) is 12.1 Å². The Balaban J connectivity index is 2.71. The summed E-state index contributed by atoms with van der Waals surface area (Å²) < 4.78 is 0. The zero-order valence-corrected chi connectivity index (χ0v) is 11.6. The maximum absolute atomic E-state index is 11.7. The number of hydrogen-bond donors (Lipinski definition) is 2. The summed E-state index contributed by atoms with van der Waals surface area (Å²) in [5.41, 5.74) is -1.82. The van der Waals surface area contributed by atoms with Crippen molar-refractivity contribution >= 4 is 5.97 Å². The molecule has 0 aromatic heterocycles. The Bertz CT molecular complexity index is 549. The van der Waals surface area contributed by atoms with Gasteiger partial charge in [-0.25, -0.2) is 0 Å². The smallest absolute Gasteiger partial charge is 0.312 e. The molecule has 2 aromatic carbocycles. The van der Waals surface area contributed by atoms with Gasteiger partial charge >= 0.3 is 5.97 Å². The fraction of sp³-hybridized carbons (Fsp3) is 0.235. The fourth-order valence-electron chi connectivity index (χ4n) is 2.40. The molecule has 2 N–H and O–H groups in total. The Morgan fingerprint density at radius 3 is 1.50 bits per heavy atom. The molecular weight excluding hydrogens is 252 g/mol. The minimum Gasteiger partial charge on any atom is -0.481 e. The summed E-state index contributed by atoms with van der Waals surface area (Å²) in [6.07, 6.45) is 0. The van der Waals surface area contributed by atoms with Gasteiger partial charge in [-0.15, -0.1) is 0 Å². The van der Waals surface area contributed by atoms with Crippen LogP contribution in [0.15, 0.2) is 60.7 Å². The van der Waals surface area contributed by atoms with Crippen LogP contribution in [0.2, 0.25) is 0 Å². The fourth-order valence-corrected chi connectivity index (χ4v) is 2.40. The van der Waals surface area contributed by atoms with Gasteiger partial charge < -0.3 is 10.2 Å². The van der Waals surface area contributed by atoms with E-state index in [0.29, 0.717) is 11.1 Å². The molecule has 0 radical (unpaired) electrons. The molecule has 0 unspecified atom stereocenters. The van der Waals surface area contributed by atoms with Gasteiger partial charge in [0.2, 0.25) is 0 Å². The highest BCUT2D eigenvalue weighted by Gasteiger charge is 2.51. The highest BCUT2D eigenvalue weighted by Crippen LogP contribution is 2.45. The third-order valence-electron chi connectivity index (χ3n) is 3.82. The van der Waals surface area contributed by atoms with E-state index >= 15 is 0 Å². The largest absolute Gasteiger partial charge is 0.481 e. The second-order valence-electron chi connectivity index (χ2n) is 5.37. The first-order chi connectivity index (χ1) is 9.40. The molecule has 104 valence electrons. The molecule has 2 aromatic rings. The Morgan fingerprint density at radius 1 is 0.850 bits per heavy atom. The average Bonchev–Trinajstić information content (AvgIpc) is 2.48. The molecule has 0 heterocycles. The first kappa shape index (κ1) is 14.3. The predicted molar refractivity (Wildman–Crippen MR) is 77.3 cm³/mol. The van der Waals surface area contributed by atoms with Crippen molar-refractivity contribution in [3.8, 4) is 0 Å². The lowest BCUT2D eigenvalue weighted by Crippen LogP contribution is -2.48. The molecule has 0 saturated carbocycles. The number of benzene rings is 2. The molecule has 0 atom stereocenters. The summed E-state index contributed by atoms with van der Waals surface area (Å²) in [5, 5.41) is 20.8. The van der Waals surface area contributed by atoms with E-state index < -0.39 is 17.0 Å². The number of aliphatic carboxylic acids is 1. The normalized spacial score (nSPS) is 12.2. The van der Waals surface area contributed by atoms with Crippen LogP contribution in [0, 0.1) is 5.41 Å². The van der Waals surface area contributed by atoms with Gasteiger partial charge in [0.25, 0.3) is 0 Å². The monoisotopic (exact) mass is 270 g/mol. The van der Waals surface area contributed by atoms with E-state index in [9.17, 15) is 15.0 Å². The van der Waals surface area contributed by atoms with Crippen LogP contribution in [0.1, 0.15) is 25.0 Å². The summed E-state index contributed by atoms with van der Waals surface area (Å²) in [4.78, 5) is 11.7. The molecule has 0 fully saturated rings. The lowest BCUT2D eigenvalue weighted by Gasteiger charge is -2.40. The third-order valence-corrected chi connectivity index (χ3v) is 3.82. The molecule has 20 heavy (non-hydrogen) atoms. The molecule has 3 nitrogen and oxygen atoms in total. The van der Waals surface area contributed by atoms with E-state index in [-0.39, 0.29) is 0 Å². The Kier molecular flexibility index (Phi) is 3.64. The van der Waals surface area contributed by atoms with E-state index in [0.717, 1.165) is 0 Å². The van der Waals surface area contributed by atoms with Crippen molar-refractivity contribution < 1.29 is 15.0 Å². The first-order valence-electron chi connectivity index (χ1n) is 6.47. The molecule has 3 heteroatoms. The molecule has 0 saturated heterocycles. The van der Waals surface area contributed by atoms with Gasteiger partial charge in [0, 0.05) is 0 Å². The molecular formula is C17H18O3. The van der Waals surface area contributed by atoms with Crippen LogP contribution >= 0.6 is 0 Å². The molecule has 0 aliphatic carbocycles. The second-order valence-corrected chi connectivity index (χ2v) is 5.37. The van der Waals surface area contributed by atoms with Crippen molar-refractivity contribution in [3.05, 3.63) is 71.8 Å². The average molecular weight is 270 g/mol. The van der Waals surface area contributed by atoms with Crippen LogP contribution in [0.3, 0.4) is 0 Å². The van der Waals surface area contributed by atoms with Crippen LogP contribution < -0.4 is 0 Å². The number of aliphatic hydroxyl groups is 1. The number of hydrogen-bond acceptors (Lipinski definition) is 2. The number of carboxylic acid groups (broad SMARTS) is 1. The summed E-state index contributed by atoms with van der Waals surface area (Å²) in [6, 6.07) is 17.8. The summed E-state index contributed by atoms with van der Waals surface area (Å²) in [7, 11) is 0. The maximum atomic E-state index is 11.7. The van der Waals surface area contributed by atoms with Crippen molar-refractivity contribution in [2.24, 2.45) is 5.41 Å². The van der Waals surface area contributed by atoms with Crippen molar-refractivity contribution in [1.82, 2.24) is 0 Å². The Hall–Kier alpha value is -2.13. The lowest BCUT2D eigenvalue weighted by molar-refractivity contribution is -0.161. The van der Waals surface area contributed by atoms with Gasteiger partial charge in [-0.3, -0.25) is 4.79 Å². The highest BCUT2D eigenvalue weighted by atomic mass is 16.4. The number of carbonyl (C=O) groups is 1. The first-order valence-corrected chi connectivity index (χ1v) is 6.47. The van der Waals surface area contributed by atoms with E-state index in [1.165, 1.54) is 13.8 Å². The second kappa shape index (κ2) is 5.10. The molecule has 0 spiro atoms. The van der Waals surface area contributed by atoms with Gasteiger partial charge in [0.1, 0.15) is 5.60 Å². The summed E-state index contributed by atoms with van der Waals surface area (Å²) in [6.45, 7) is 3.07. The van der Waals surface area contributed by atoms with Crippen LogP contribution in [0.5, 0.6) is 0 Å². The van der Waals surface area contributed by atoms with Crippen LogP contribution in [-0.4, -0.2) is 16.2 Å². The minimum absolute atomic E-state index is 0.568. The van der Waals surface area contributed by atoms with Gasteiger partial charge in [0.05, 0.1) is 5.41 Å². The Labute approximate surface area is 118 Å². The van der Waals surface area contributed by atoms with Crippen molar-refractivity contribution in [2.75, 3.05) is 0 Å². The zero-order valence-electron chi connectivity index (χ0n) is 11.6. The van der Waals surface area contributed by atoms with Crippen LogP contribution in [0.25, 0.3) is 0 Å². The third kappa shape index (κ3) is 2.10. The maximum Gasteiger partial charge on any atom is 0.312 e. The quantitative estimate of drug-likeness (QED) is 0.897. The molecule has 2 rings (SSSR count). The highest BCUT2D eigenvalue weighted by molar-refractivity contribution is 5.77. The Morgan fingerprint density at radius 2 is 1.20 bits per heavy atom. The topological polar surface area (TPSA) is 57.5 Å². The standard InChI is InChI=1S/C17H18O3/c1-16(2,15(18)19)17(20,13-9-5-3-6-10-13)14-11-7-4-8-12-14/h3-12,20H,1-2H3,(H,18,19). The van der Waals surface area contributed by atoms with Crippen molar-refractivity contribution in [1.29, 1.82) is 0 Å². The van der Waals surface area contributed by atoms with Gasteiger partial charge in [0.15, 0.2) is 0 Å². The molecule has 0 amide bonds. The van der Waals surface area contributed by atoms with E-state index in [2.05, 4.69) is 0 Å². The van der Waals surface area contributed by atoms with E-state index in [4.69, 9.17) is 0 Å². The lowest BCUT2D eigenvalue weighted by atomic mass is 9.67. The minimum atomic E-state index is -1.60. The SMILES string of the molecule is CC(C)(C(=O)O)C(O)(c1ccccc1)c1ccccc1. The molecule has 0 bridgehead atoms. The van der Waals surface area contributed by atoms with Gasteiger partial charge in [-0.1, -0.05) is 60.7 Å². The van der Waals surface area contributed by atoms with Crippen molar-refractivity contribution in [2.45, 2.75) is 19.4 Å².